The fraction of sp³-hybridized carbons (Fsp3) is 0.250. The summed E-state index contributed by atoms with van der Waals surface area (Å²) in [5, 5.41) is 13.9. The molecule has 0 aromatic heterocycles. The number of fused-ring (bicyclic) bond motifs is 2. The quantitative estimate of drug-likeness (QED) is 0.903. The number of nitrogens with zero attached hydrogens (tertiary/aromatic N) is 1. The minimum absolute atomic E-state index is 0.446. The average molecular weight is 321 g/mol. The molecule has 2 aromatic carbocycles. The Morgan fingerprint density at radius 1 is 1.19 bits per heavy atom. The highest BCUT2D eigenvalue weighted by molar-refractivity contribution is 7.99. The lowest BCUT2D eigenvalue weighted by atomic mass is 10.2. The van der Waals surface area contributed by atoms with Gasteiger partial charge >= 0.3 is 0 Å². The molecule has 0 saturated carbocycles. The maximum atomic E-state index is 10.2. The molecule has 0 amide bonds. The highest BCUT2D eigenvalue weighted by atomic mass is 35.5. The van der Waals surface area contributed by atoms with Gasteiger partial charge in [-0.25, -0.2) is 0 Å². The standard InChI is InChI=1S/C16H17ClN2OS/c1-18-9-12(20)10-19-13-4-2-3-5-15(13)21-16-7-6-11(17)8-14(16)19/h2-8,12,18,20H,9-10H2,1H3. The highest BCUT2D eigenvalue weighted by Crippen LogP contribution is 2.48. The molecule has 0 saturated heterocycles. The maximum absolute atomic E-state index is 10.2. The molecule has 0 radical (unpaired) electrons. The molecule has 1 heterocycles. The number of nitrogens with one attached hydrogen (secondary N) is 1. The number of aliphatic hydroxyl groups is 1. The second kappa shape index (κ2) is 6.28. The molecular weight excluding hydrogens is 304 g/mol. The van der Waals surface area contributed by atoms with Crippen LogP contribution < -0.4 is 10.2 Å². The van der Waals surface area contributed by atoms with Crippen LogP contribution in [0.1, 0.15) is 0 Å². The van der Waals surface area contributed by atoms with Gasteiger partial charge in [0.05, 0.1) is 24.0 Å². The Hall–Kier alpha value is -1.20. The Morgan fingerprint density at radius 2 is 1.95 bits per heavy atom. The van der Waals surface area contributed by atoms with Crippen LogP contribution in [0.5, 0.6) is 0 Å². The summed E-state index contributed by atoms with van der Waals surface area (Å²) in [5.41, 5.74) is 2.17. The molecular formula is C16H17ClN2OS. The monoisotopic (exact) mass is 320 g/mol. The van der Waals surface area contributed by atoms with E-state index in [4.69, 9.17) is 11.6 Å². The molecule has 110 valence electrons. The maximum Gasteiger partial charge on any atom is 0.0843 e. The Balaban J connectivity index is 2.02. The summed E-state index contributed by atoms with van der Waals surface area (Å²) in [7, 11) is 1.84. The van der Waals surface area contributed by atoms with Crippen LogP contribution in [-0.4, -0.2) is 31.3 Å². The fourth-order valence-electron chi connectivity index (χ4n) is 2.51. The highest BCUT2D eigenvalue weighted by Gasteiger charge is 2.24. The van der Waals surface area contributed by atoms with Crippen molar-refractivity contribution in [2.75, 3.05) is 25.0 Å². The van der Waals surface area contributed by atoms with Gasteiger partial charge in [-0.3, -0.25) is 0 Å². The van der Waals surface area contributed by atoms with E-state index in [1.54, 1.807) is 11.8 Å². The number of hydrogen-bond acceptors (Lipinski definition) is 4. The van der Waals surface area contributed by atoms with Gasteiger partial charge in [-0.2, -0.15) is 0 Å². The lowest BCUT2D eigenvalue weighted by molar-refractivity contribution is 0.182. The van der Waals surface area contributed by atoms with Crippen LogP contribution in [-0.2, 0) is 0 Å². The Labute approximate surface area is 133 Å². The number of β-amino-alcohol motifs (C(OH)–C–C–N with tert-alkyl or cyclic N) is 1. The summed E-state index contributed by atoms with van der Waals surface area (Å²) in [6.07, 6.45) is -0.446. The van der Waals surface area contributed by atoms with Crippen LogP contribution in [0.2, 0.25) is 5.02 Å². The van der Waals surface area contributed by atoms with Gasteiger partial charge in [-0.15, -0.1) is 0 Å². The Kier molecular flexibility index (Phi) is 4.40. The van der Waals surface area contributed by atoms with E-state index >= 15 is 0 Å². The van der Waals surface area contributed by atoms with E-state index in [-0.39, 0.29) is 0 Å². The molecule has 2 N–H and O–H groups in total. The lowest BCUT2D eigenvalue weighted by Crippen LogP contribution is -2.36. The van der Waals surface area contributed by atoms with Crippen molar-refractivity contribution in [2.24, 2.45) is 0 Å². The average Bonchev–Trinajstić information content (AvgIpc) is 2.48. The number of anilines is 2. The van der Waals surface area contributed by atoms with Gasteiger partial charge in [0.15, 0.2) is 0 Å². The molecule has 21 heavy (non-hydrogen) atoms. The first-order valence-electron chi connectivity index (χ1n) is 6.85. The van der Waals surface area contributed by atoms with Gasteiger partial charge < -0.3 is 15.3 Å². The number of benzene rings is 2. The summed E-state index contributed by atoms with van der Waals surface area (Å²) in [6.45, 7) is 1.09. The van der Waals surface area contributed by atoms with Gasteiger partial charge in [-0.1, -0.05) is 35.5 Å². The van der Waals surface area contributed by atoms with E-state index in [1.807, 2.05) is 37.4 Å². The molecule has 2 aromatic rings. The summed E-state index contributed by atoms with van der Waals surface area (Å²) < 4.78 is 0. The largest absolute Gasteiger partial charge is 0.390 e. The minimum Gasteiger partial charge on any atom is -0.390 e. The van der Waals surface area contributed by atoms with Crippen molar-refractivity contribution >= 4 is 34.7 Å². The zero-order valence-electron chi connectivity index (χ0n) is 11.7. The van der Waals surface area contributed by atoms with Crippen molar-refractivity contribution in [1.82, 2.24) is 5.32 Å². The third-order valence-electron chi connectivity index (χ3n) is 3.42. The van der Waals surface area contributed by atoms with E-state index in [2.05, 4.69) is 22.3 Å². The van der Waals surface area contributed by atoms with Crippen molar-refractivity contribution in [3.05, 3.63) is 47.5 Å². The predicted molar refractivity (Wildman–Crippen MR) is 89.0 cm³/mol. The van der Waals surface area contributed by atoms with Crippen LogP contribution in [0.4, 0.5) is 11.4 Å². The van der Waals surface area contributed by atoms with Gasteiger partial charge in [0, 0.05) is 21.4 Å². The third-order valence-corrected chi connectivity index (χ3v) is 4.79. The molecule has 3 nitrogen and oxygen atoms in total. The zero-order chi connectivity index (χ0) is 14.8. The van der Waals surface area contributed by atoms with Crippen LogP contribution in [0, 0.1) is 0 Å². The van der Waals surface area contributed by atoms with Gasteiger partial charge in [0.2, 0.25) is 0 Å². The SMILES string of the molecule is CNCC(O)CN1c2ccccc2Sc2ccc(Cl)cc21. The van der Waals surface area contributed by atoms with Crippen molar-refractivity contribution in [3.63, 3.8) is 0 Å². The van der Waals surface area contributed by atoms with Crippen LogP contribution in [0.3, 0.4) is 0 Å². The topological polar surface area (TPSA) is 35.5 Å². The molecule has 1 unspecified atom stereocenters. The van der Waals surface area contributed by atoms with Crippen LogP contribution in [0.25, 0.3) is 0 Å². The van der Waals surface area contributed by atoms with Crippen molar-refractivity contribution < 1.29 is 5.11 Å². The fourth-order valence-corrected chi connectivity index (χ4v) is 3.75. The Bertz CT molecular complexity index is 650. The van der Waals surface area contributed by atoms with Crippen molar-refractivity contribution in [2.45, 2.75) is 15.9 Å². The number of aliphatic hydroxyl groups excluding tert-OH is 1. The Morgan fingerprint density at radius 3 is 2.76 bits per heavy atom. The first-order valence-corrected chi connectivity index (χ1v) is 8.05. The molecule has 1 atom stereocenters. The van der Waals surface area contributed by atoms with E-state index < -0.39 is 6.10 Å². The minimum atomic E-state index is -0.446. The number of para-hydroxylation sites is 1. The van der Waals surface area contributed by atoms with E-state index in [1.165, 1.54) is 4.90 Å². The molecule has 5 heteroatoms. The van der Waals surface area contributed by atoms with Gasteiger partial charge in [-0.05, 0) is 37.4 Å². The van der Waals surface area contributed by atoms with Crippen LogP contribution >= 0.6 is 23.4 Å². The number of rotatable bonds is 4. The van der Waals surface area contributed by atoms with Crippen molar-refractivity contribution in [3.8, 4) is 0 Å². The molecule has 0 aliphatic carbocycles. The number of hydrogen-bond donors (Lipinski definition) is 2. The first-order chi connectivity index (χ1) is 10.2. The summed E-state index contributed by atoms with van der Waals surface area (Å²) in [6, 6.07) is 14.2. The molecule has 3 rings (SSSR count). The predicted octanol–water partition coefficient (Wildman–Crippen LogP) is 3.52. The zero-order valence-corrected chi connectivity index (χ0v) is 13.3. The van der Waals surface area contributed by atoms with E-state index in [0.717, 1.165) is 16.3 Å². The molecule has 0 fully saturated rings. The molecule has 0 spiro atoms. The second-order valence-electron chi connectivity index (χ2n) is 5.00. The van der Waals surface area contributed by atoms with Crippen LogP contribution in [0.15, 0.2) is 52.3 Å². The number of halogens is 1. The second-order valence-corrected chi connectivity index (χ2v) is 6.52. The normalized spacial score (nSPS) is 14.5. The first kappa shape index (κ1) is 14.7. The van der Waals surface area contributed by atoms with Crippen molar-refractivity contribution in [1.29, 1.82) is 0 Å². The number of likely N-dealkylation sites (N-methyl/N-ethyl adjacent to an activating group) is 1. The molecule has 0 bridgehead atoms. The summed E-state index contributed by atoms with van der Waals surface area (Å²) in [4.78, 5) is 4.51. The van der Waals surface area contributed by atoms with E-state index in [0.29, 0.717) is 18.1 Å². The smallest absolute Gasteiger partial charge is 0.0843 e. The molecule has 1 aliphatic rings. The summed E-state index contributed by atoms with van der Waals surface area (Å²) >= 11 is 7.89. The third kappa shape index (κ3) is 3.04. The summed E-state index contributed by atoms with van der Waals surface area (Å²) in [5.74, 6) is 0. The lowest BCUT2D eigenvalue weighted by Gasteiger charge is -2.34. The van der Waals surface area contributed by atoms with Gasteiger partial charge in [0.25, 0.3) is 0 Å². The molecule has 1 aliphatic heterocycles. The van der Waals surface area contributed by atoms with E-state index in [9.17, 15) is 5.11 Å². The van der Waals surface area contributed by atoms with Gasteiger partial charge in [0.1, 0.15) is 0 Å².